The van der Waals surface area contributed by atoms with Gasteiger partial charge in [0.05, 0.1) is 0 Å². The molecule has 2 nitrogen and oxygen atoms in total. The third-order valence-electron chi connectivity index (χ3n) is 4.33. The fourth-order valence-electron chi connectivity index (χ4n) is 3.09. The Labute approximate surface area is 143 Å². The number of hydrogen-bond donors (Lipinski definition) is 0. The van der Waals surface area contributed by atoms with E-state index in [-0.39, 0.29) is 11.2 Å². The summed E-state index contributed by atoms with van der Waals surface area (Å²) in [5.41, 5.74) is -0.138. The summed E-state index contributed by atoms with van der Waals surface area (Å²) in [7, 11) is 0. The predicted molar refractivity (Wildman–Crippen MR) is 99.6 cm³/mol. The van der Waals surface area contributed by atoms with Crippen molar-refractivity contribution < 1.29 is 9.59 Å². The van der Waals surface area contributed by atoms with Crippen LogP contribution in [0.25, 0.3) is 0 Å². The molecule has 0 unspecified atom stereocenters. The molecule has 0 aliphatic heterocycles. The highest BCUT2D eigenvalue weighted by molar-refractivity contribution is 5.99. The Kier molecular flexibility index (Phi) is 13.7. The second-order valence-corrected chi connectivity index (χ2v) is 6.58. The second kappa shape index (κ2) is 14.4. The summed E-state index contributed by atoms with van der Waals surface area (Å²) in [4.78, 5) is 23.2. The number of ketones is 1. The molecular weight excluding hydrogens is 284 g/mol. The van der Waals surface area contributed by atoms with Crippen LogP contribution in [0, 0.1) is 5.41 Å². The highest BCUT2D eigenvalue weighted by Crippen LogP contribution is 2.33. The van der Waals surface area contributed by atoms with E-state index in [1.54, 1.807) is 12.2 Å². The molecule has 0 amide bonds. The number of carbonyl (C=O) groups is 2. The standard InChI is InChI=1S/C21H36O2/c1-4-7-8-9-11-14-20(23)15-12-10-13-18-21(19-22,16-5-2)17-6-3/h11-12,14-15,19H,4-10,13,16-18H2,1-3H3. The van der Waals surface area contributed by atoms with Gasteiger partial charge in [-0.15, -0.1) is 0 Å². The molecule has 0 atom stereocenters. The number of rotatable bonds is 15. The topological polar surface area (TPSA) is 34.1 Å². The normalized spacial score (nSPS) is 12.3. The highest BCUT2D eigenvalue weighted by atomic mass is 16.1. The fourth-order valence-corrected chi connectivity index (χ4v) is 3.09. The van der Waals surface area contributed by atoms with Gasteiger partial charge in [0.25, 0.3) is 0 Å². The maximum absolute atomic E-state index is 11.7. The fraction of sp³-hybridized carbons (Fsp3) is 0.714. The third-order valence-corrected chi connectivity index (χ3v) is 4.33. The van der Waals surface area contributed by atoms with E-state index in [1.807, 2.05) is 12.2 Å². The lowest BCUT2D eigenvalue weighted by molar-refractivity contribution is -0.117. The minimum Gasteiger partial charge on any atom is -0.303 e. The van der Waals surface area contributed by atoms with Crippen LogP contribution in [-0.4, -0.2) is 12.1 Å². The Bertz CT molecular complexity index is 360. The monoisotopic (exact) mass is 320 g/mol. The molecule has 23 heavy (non-hydrogen) atoms. The van der Waals surface area contributed by atoms with Crippen LogP contribution in [0.3, 0.4) is 0 Å². The molecule has 0 aromatic rings. The minimum absolute atomic E-state index is 0.0743. The van der Waals surface area contributed by atoms with Gasteiger partial charge in [0.15, 0.2) is 5.78 Å². The van der Waals surface area contributed by atoms with Crippen molar-refractivity contribution in [1.29, 1.82) is 0 Å². The SMILES string of the molecule is CCCCCC=CC(=O)C=CCCCC(C=O)(CCC)CCC. The molecule has 0 heterocycles. The van der Waals surface area contributed by atoms with Crippen LogP contribution in [0.4, 0.5) is 0 Å². The van der Waals surface area contributed by atoms with Gasteiger partial charge in [-0.25, -0.2) is 0 Å². The van der Waals surface area contributed by atoms with Crippen molar-refractivity contribution in [2.75, 3.05) is 0 Å². The van der Waals surface area contributed by atoms with Crippen LogP contribution in [0.5, 0.6) is 0 Å². The van der Waals surface area contributed by atoms with Gasteiger partial charge in [0, 0.05) is 5.41 Å². The summed E-state index contributed by atoms with van der Waals surface area (Å²) >= 11 is 0. The molecule has 132 valence electrons. The Morgan fingerprint density at radius 2 is 1.35 bits per heavy atom. The van der Waals surface area contributed by atoms with Crippen LogP contribution in [0.1, 0.15) is 91.4 Å². The quantitative estimate of drug-likeness (QED) is 0.204. The molecule has 0 spiro atoms. The van der Waals surface area contributed by atoms with Crippen molar-refractivity contribution in [2.45, 2.75) is 91.4 Å². The van der Waals surface area contributed by atoms with Gasteiger partial charge >= 0.3 is 0 Å². The zero-order chi connectivity index (χ0) is 17.4. The van der Waals surface area contributed by atoms with Crippen molar-refractivity contribution in [3.05, 3.63) is 24.3 Å². The van der Waals surface area contributed by atoms with Gasteiger partial charge in [-0.05, 0) is 57.1 Å². The molecule has 0 radical (unpaired) electrons. The van der Waals surface area contributed by atoms with E-state index in [9.17, 15) is 9.59 Å². The molecular formula is C21H36O2. The largest absolute Gasteiger partial charge is 0.303 e. The smallest absolute Gasteiger partial charge is 0.177 e. The molecule has 0 aromatic carbocycles. The van der Waals surface area contributed by atoms with E-state index in [4.69, 9.17) is 0 Å². The van der Waals surface area contributed by atoms with Crippen molar-refractivity contribution >= 4 is 12.1 Å². The number of unbranched alkanes of at least 4 members (excludes halogenated alkanes) is 4. The first kappa shape index (κ1) is 21.8. The van der Waals surface area contributed by atoms with Crippen LogP contribution < -0.4 is 0 Å². The van der Waals surface area contributed by atoms with Gasteiger partial charge < -0.3 is 4.79 Å². The summed E-state index contributed by atoms with van der Waals surface area (Å²) in [6, 6.07) is 0. The van der Waals surface area contributed by atoms with Gasteiger partial charge in [-0.1, -0.05) is 58.6 Å². The summed E-state index contributed by atoms with van der Waals surface area (Å²) < 4.78 is 0. The first-order chi connectivity index (χ1) is 11.1. The van der Waals surface area contributed by atoms with Gasteiger partial charge in [-0.2, -0.15) is 0 Å². The van der Waals surface area contributed by atoms with Crippen LogP contribution in [0.15, 0.2) is 24.3 Å². The third kappa shape index (κ3) is 11.1. The van der Waals surface area contributed by atoms with Crippen LogP contribution in [0.2, 0.25) is 0 Å². The van der Waals surface area contributed by atoms with Crippen molar-refractivity contribution in [1.82, 2.24) is 0 Å². The first-order valence-electron chi connectivity index (χ1n) is 9.47. The minimum atomic E-state index is -0.138. The summed E-state index contributed by atoms with van der Waals surface area (Å²) in [5, 5.41) is 0. The number of aldehydes is 1. The Morgan fingerprint density at radius 3 is 1.83 bits per heavy atom. The van der Waals surface area contributed by atoms with Crippen molar-refractivity contribution in [3.63, 3.8) is 0 Å². The summed E-state index contributed by atoms with van der Waals surface area (Å²) in [5.74, 6) is 0.0743. The van der Waals surface area contributed by atoms with Crippen molar-refractivity contribution in [3.8, 4) is 0 Å². The summed E-state index contributed by atoms with van der Waals surface area (Å²) in [6.07, 6.45) is 19.9. The molecule has 0 saturated carbocycles. The highest BCUT2D eigenvalue weighted by Gasteiger charge is 2.26. The van der Waals surface area contributed by atoms with E-state index < -0.39 is 0 Å². The number of allylic oxidation sites excluding steroid dienone is 4. The van der Waals surface area contributed by atoms with E-state index in [1.165, 1.54) is 19.1 Å². The molecule has 0 rings (SSSR count). The average Bonchev–Trinajstić information content (AvgIpc) is 2.54. The van der Waals surface area contributed by atoms with Crippen molar-refractivity contribution in [2.24, 2.45) is 5.41 Å². The predicted octanol–water partition coefficient (Wildman–Crippen LogP) is 6.20. The first-order valence-corrected chi connectivity index (χ1v) is 9.47. The van der Waals surface area contributed by atoms with Crippen LogP contribution >= 0.6 is 0 Å². The molecule has 0 saturated heterocycles. The van der Waals surface area contributed by atoms with E-state index in [0.29, 0.717) is 0 Å². The Hall–Kier alpha value is -1.18. The molecule has 2 heteroatoms. The van der Waals surface area contributed by atoms with E-state index in [2.05, 4.69) is 20.8 Å². The maximum Gasteiger partial charge on any atom is 0.177 e. The molecule has 0 aliphatic carbocycles. The zero-order valence-corrected chi connectivity index (χ0v) is 15.5. The average molecular weight is 321 g/mol. The van der Waals surface area contributed by atoms with Gasteiger partial charge in [0.2, 0.25) is 0 Å². The van der Waals surface area contributed by atoms with Gasteiger partial charge in [0.1, 0.15) is 6.29 Å². The Morgan fingerprint density at radius 1 is 0.783 bits per heavy atom. The molecule has 0 N–H and O–H groups in total. The lowest BCUT2D eigenvalue weighted by atomic mass is 9.76. The number of hydrogen-bond acceptors (Lipinski definition) is 2. The molecule has 0 aliphatic rings. The van der Waals surface area contributed by atoms with Gasteiger partial charge in [-0.3, -0.25) is 4.79 Å². The summed E-state index contributed by atoms with van der Waals surface area (Å²) in [6.45, 7) is 6.45. The molecule has 0 aromatic heterocycles. The lowest BCUT2D eigenvalue weighted by Gasteiger charge is -2.27. The molecule has 0 bridgehead atoms. The van der Waals surface area contributed by atoms with E-state index >= 15 is 0 Å². The Balaban J connectivity index is 4.07. The lowest BCUT2D eigenvalue weighted by Crippen LogP contribution is -2.22. The maximum atomic E-state index is 11.7. The molecule has 0 fully saturated rings. The zero-order valence-electron chi connectivity index (χ0n) is 15.5. The number of carbonyl (C=O) groups excluding carboxylic acids is 2. The van der Waals surface area contributed by atoms with E-state index in [0.717, 1.165) is 57.8 Å². The van der Waals surface area contributed by atoms with Crippen LogP contribution in [-0.2, 0) is 9.59 Å². The second-order valence-electron chi connectivity index (χ2n) is 6.58.